The normalized spacial score (nSPS) is 30.3. The number of carbonyl (C=O) groups is 1. The van der Waals surface area contributed by atoms with Crippen LogP contribution in [0.5, 0.6) is 0 Å². The minimum atomic E-state index is 0.336. The highest BCUT2D eigenvalue weighted by molar-refractivity contribution is 5.83. The van der Waals surface area contributed by atoms with Crippen LogP contribution in [-0.4, -0.2) is 5.78 Å². The van der Waals surface area contributed by atoms with Gasteiger partial charge in [-0.25, -0.2) is 0 Å². The molecule has 0 N–H and O–H groups in total. The van der Waals surface area contributed by atoms with E-state index in [-0.39, 0.29) is 0 Å². The molecule has 0 aliphatic heterocycles. The molecule has 0 aromatic carbocycles. The summed E-state index contributed by atoms with van der Waals surface area (Å²) in [4.78, 5) is 11.3. The van der Waals surface area contributed by atoms with Crippen LogP contribution in [0.4, 0.5) is 0 Å². The Bertz CT molecular complexity index is 181. The average molecular weight is 166 g/mol. The lowest BCUT2D eigenvalue weighted by molar-refractivity contribution is -0.120. The third-order valence-corrected chi connectivity index (χ3v) is 2.51. The van der Waals surface area contributed by atoms with Gasteiger partial charge in [0.05, 0.1) is 0 Å². The van der Waals surface area contributed by atoms with Crippen molar-refractivity contribution in [3.8, 4) is 0 Å². The number of rotatable bonds is 3. The van der Waals surface area contributed by atoms with E-state index in [1.807, 2.05) is 0 Å². The Morgan fingerprint density at radius 1 is 1.50 bits per heavy atom. The summed E-state index contributed by atoms with van der Waals surface area (Å²) in [5.74, 6) is 1.43. The third kappa shape index (κ3) is 2.47. The highest BCUT2D eigenvalue weighted by atomic mass is 16.1. The minimum Gasteiger partial charge on any atom is -0.299 e. The average Bonchev–Trinajstić information content (AvgIpc) is 2.31. The van der Waals surface area contributed by atoms with Crippen molar-refractivity contribution < 1.29 is 4.79 Å². The molecule has 1 nitrogen and oxygen atoms in total. The quantitative estimate of drug-likeness (QED) is 0.589. The van der Waals surface area contributed by atoms with Gasteiger partial charge in [0.2, 0.25) is 0 Å². The van der Waals surface area contributed by atoms with Crippen LogP contribution in [-0.2, 0) is 4.79 Å². The smallest absolute Gasteiger partial charge is 0.136 e. The Labute approximate surface area is 74.9 Å². The molecule has 0 aromatic rings. The van der Waals surface area contributed by atoms with Crippen molar-refractivity contribution in [1.29, 1.82) is 0 Å². The van der Waals surface area contributed by atoms with Gasteiger partial charge in [-0.2, -0.15) is 0 Å². The van der Waals surface area contributed by atoms with E-state index in [2.05, 4.69) is 26.0 Å². The maximum absolute atomic E-state index is 11.3. The Balaban J connectivity index is 2.33. The van der Waals surface area contributed by atoms with Gasteiger partial charge < -0.3 is 0 Å². The molecule has 1 heteroatoms. The van der Waals surface area contributed by atoms with E-state index in [4.69, 9.17) is 0 Å². The second kappa shape index (κ2) is 4.44. The molecule has 12 heavy (non-hydrogen) atoms. The van der Waals surface area contributed by atoms with Gasteiger partial charge in [-0.1, -0.05) is 26.0 Å². The first kappa shape index (κ1) is 9.50. The fourth-order valence-corrected chi connectivity index (χ4v) is 1.87. The van der Waals surface area contributed by atoms with Crippen molar-refractivity contribution >= 4 is 5.78 Å². The van der Waals surface area contributed by atoms with Crippen molar-refractivity contribution in [3.63, 3.8) is 0 Å². The summed E-state index contributed by atoms with van der Waals surface area (Å²) < 4.78 is 0. The molecule has 0 spiro atoms. The molecule has 68 valence electrons. The lowest BCUT2D eigenvalue weighted by Crippen LogP contribution is -2.03. The van der Waals surface area contributed by atoms with Gasteiger partial charge in [-0.15, -0.1) is 0 Å². The van der Waals surface area contributed by atoms with E-state index in [9.17, 15) is 4.79 Å². The molecule has 1 saturated carbocycles. The standard InChI is InChI=1S/C11H18O/c1-3-4-5-6-10-7-9(2)8-11(10)12/h4-5,9-10H,3,6-8H2,1-2H3/b5-4-. The molecule has 0 aromatic heterocycles. The van der Waals surface area contributed by atoms with Crippen LogP contribution in [0, 0.1) is 11.8 Å². The minimum absolute atomic E-state index is 0.336. The summed E-state index contributed by atoms with van der Waals surface area (Å²) >= 11 is 0. The summed E-state index contributed by atoms with van der Waals surface area (Å²) in [6, 6.07) is 0. The van der Waals surface area contributed by atoms with Crippen LogP contribution in [0.15, 0.2) is 12.2 Å². The van der Waals surface area contributed by atoms with E-state index >= 15 is 0 Å². The maximum atomic E-state index is 11.3. The summed E-state index contributed by atoms with van der Waals surface area (Å²) in [6.45, 7) is 4.29. The lowest BCUT2D eigenvalue weighted by atomic mass is 10.0. The van der Waals surface area contributed by atoms with Crippen LogP contribution in [0.1, 0.15) is 39.5 Å². The van der Waals surface area contributed by atoms with Crippen molar-refractivity contribution in [2.75, 3.05) is 0 Å². The molecule has 1 aliphatic rings. The fraction of sp³-hybridized carbons (Fsp3) is 0.727. The number of hydrogen-bond donors (Lipinski definition) is 0. The number of hydrogen-bond acceptors (Lipinski definition) is 1. The first-order chi connectivity index (χ1) is 5.74. The van der Waals surface area contributed by atoms with Gasteiger partial charge >= 0.3 is 0 Å². The topological polar surface area (TPSA) is 17.1 Å². The zero-order valence-corrected chi connectivity index (χ0v) is 8.05. The van der Waals surface area contributed by atoms with Gasteiger partial charge in [-0.3, -0.25) is 4.79 Å². The fourth-order valence-electron chi connectivity index (χ4n) is 1.87. The zero-order chi connectivity index (χ0) is 8.97. The molecule has 1 rings (SSSR count). The molecule has 0 bridgehead atoms. The molecule has 1 fully saturated rings. The monoisotopic (exact) mass is 166 g/mol. The Morgan fingerprint density at radius 3 is 2.75 bits per heavy atom. The summed E-state index contributed by atoms with van der Waals surface area (Å²) in [5.41, 5.74) is 0. The van der Waals surface area contributed by atoms with Crippen molar-refractivity contribution in [3.05, 3.63) is 12.2 Å². The molecular formula is C11H18O. The van der Waals surface area contributed by atoms with Gasteiger partial charge in [0, 0.05) is 12.3 Å². The van der Waals surface area contributed by atoms with Gasteiger partial charge in [-0.05, 0) is 25.2 Å². The zero-order valence-electron chi connectivity index (χ0n) is 8.05. The van der Waals surface area contributed by atoms with Crippen molar-refractivity contribution in [2.24, 2.45) is 11.8 Å². The first-order valence-electron chi connectivity index (χ1n) is 4.91. The number of carbonyl (C=O) groups excluding carboxylic acids is 1. The molecule has 0 amide bonds. The molecule has 0 heterocycles. The summed E-state index contributed by atoms with van der Waals surface area (Å²) in [7, 11) is 0. The maximum Gasteiger partial charge on any atom is 0.136 e. The van der Waals surface area contributed by atoms with Crippen LogP contribution in [0.3, 0.4) is 0 Å². The van der Waals surface area contributed by atoms with E-state index < -0.39 is 0 Å². The molecule has 0 saturated heterocycles. The third-order valence-electron chi connectivity index (χ3n) is 2.51. The number of Topliss-reactive ketones (excluding diaryl/α,β-unsaturated/α-hetero) is 1. The van der Waals surface area contributed by atoms with Gasteiger partial charge in [0.25, 0.3) is 0 Å². The van der Waals surface area contributed by atoms with Gasteiger partial charge in [0.1, 0.15) is 5.78 Å². The molecular weight excluding hydrogens is 148 g/mol. The number of ketones is 1. The highest BCUT2D eigenvalue weighted by Gasteiger charge is 2.28. The molecule has 2 atom stereocenters. The van der Waals surface area contributed by atoms with E-state index in [0.717, 1.165) is 25.7 Å². The van der Waals surface area contributed by atoms with E-state index in [1.165, 1.54) is 0 Å². The van der Waals surface area contributed by atoms with Crippen LogP contribution in [0.2, 0.25) is 0 Å². The van der Waals surface area contributed by atoms with Crippen LogP contribution in [0.25, 0.3) is 0 Å². The largest absolute Gasteiger partial charge is 0.299 e. The SMILES string of the molecule is CC/C=C\CC1CC(C)CC1=O. The summed E-state index contributed by atoms with van der Waals surface area (Å²) in [5, 5.41) is 0. The molecule has 0 radical (unpaired) electrons. The van der Waals surface area contributed by atoms with Crippen LogP contribution >= 0.6 is 0 Å². The summed E-state index contributed by atoms with van der Waals surface area (Å²) in [6.07, 6.45) is 8.27. The molecule has 2 unspecified atom stereocenters. The second-order valence-corrected chi connectivity index (χ2v) is 3.82. The highest BCUT2D eigenvalue weighted by Crippen LogP contribution is 2.29. The van der Waals surface area contributed by atoms with E-state index in [0.29, 0.717) is 17.6 Å². The second-order valence-electron chi connectivity index (χ2n) is 3.82. The molecule has 1 aliphatic carbocycles. The Hall–Kier alpha value is -0.590. The predicted octanol–water partition coefficient (Wildman–Crippen LogP) is 2.96. The Kier molecular flexibility index (Phi) is 3.51. The van der Waals surface area contributed by atoms with Crippen LogP contribution < -0.4 is 0 Å². The van der Waals surface area contributed by atoms with Crippen molar-refractivity contribution in [1.82, 2.24) is 0 Å². The van der Waals surface area contributed by atoms with Crippen molar-refractivity contribution in [2.45, 2.75) is 39.5 Å². The van der Waals surface area contributed by atoms with Gasteiger partial charge in [0.15, 0.2) is 0 Å². The van der Waals surface area contributed by atoms with E-state index in [1.54, 1.807) is 0 Å². The Morgan fingerprint density at radius 2 is 2.25 bits per heavy atom. The lowest BCUT2D eigenvalue weighted by Gasteiger charge is -2.02. The number of allylic oxidation sites excluding steroid dienone is 2. The predicted molar refractivity (Wildman–Crippen MR) is 50.9 cm³/mol. The first-order valence-corrected chi connectivity index (χ1v) is 4.91.